The Bertz CT molecular complexity index is 1010. The average molecular weight is 433 g/mol. The van der Waals surface area contributed by atoms with Gasteiger partial charge in [-0.1, -0.05) is 12.1 Å². The zero-order valence-corrected chi connectivity index (χ0v) is 17.6. The molecule has 0 spiro atoms. The molecule has 2 aromatic rings. The van der Waals surface area contributed by atoms with Crippen molar-refractivity contribution in [2.24, 2.45) is 0 Å². The van der Waals surface area contributed by atoms with Crippen LogP contribution < -0.4 is 9.64 Å². The maximum absolute atomic E-state index is 13.1. The van der Waals surface area contributed by atoms with Crippen LogP contribution in [-0.4, -0.2) is 62.5 Å². The smallest absolute Gasteiger partial charge is 0.241 e. The molecule has 0 radical (unpaired) electrons. The van der Waals surface area contributed by atoms with Crippen LogP contribution in [0, 0.1) is 5.82 Å². The summed E-state index contributed by atoms with van der Waals surface area (Å²) >= 11 is 0. The van der Waals surface area contributed by atoms with Gasteiger partial charge in [-0.15, -0.1) is 0 Å². The molecule has 6 nitrogen and oxygen atoms in total. The molecule has 160 valence electrons. The Morgan fingerprint density at radius 2 is 1.70 bits per heavy atom. The average Bonchev–Trinajstić information content (AvgIpc) is 3.03. The summed E-state index contributed by atoms with van der Waals surface area (Å²) < 4.78 is 43.5. The largest absolute Gasteiger partial charge is 0.494 e. The highest BCUT2D eigenvalue weighted by molar-refractivity contribution is 7.91. The van der Waals surface area contributed by atoms with Gasteiger partial charge in [-0.25, -0.2) is 12.8 Å². The van der Waals surface area contributed by atoms with E-state index in [1.165, 1.54) is 12.1 Å². The van der Waals surface area contributed by atoms with E-state index in [1.54, 1.807) is 41.3 Å². The molecule has 2 aliphatic rings. The number of ether oxygens (including phenoxy) is 1. The van der Waals surface area contributed by atoms with E-state index in [1.807, 2.05) is 11.8 Å². The van der Waals surface area contributed by atoms with Gasteiger partial charge < -0.3 is 9.64 Å². The minimum absolute atomic E-state index is 0.0380. The van der Waals surface area contributed by atoms with Crippen molar-refractivity contribution < 1.29 is 22.3 Å². The Morgan fingerprint density at radius 1 is 1.03 bits per heavy atom. The Kier molecular flexibility index (Phi) is 5.79. The number of fused-ring (bicyclic) bond motifs is 1. The van der Waals surface area contributed by atoms with Gasteiger partial charge in [0.1, 0.15) is 11.6 Å². The molecule has 2 fully saturated rings. The van der Waals surface area contributed by atoms with Crippen molar-refractivity contribution in [3.05, 3.63) is 59.9 Å². The van der Waals surface area contributed by atoms with Crippen molar-refractivity contribution in [3.8, 4) is 5.75 Å². The maximum atomic E-state index is 13.1. The third kappa shape index (κ3) is 4.34. The van der Waals surface area contributed by atoms with Gasteiger partial charge in [-0.05, 0) is 55.3 Å². The first-order valence-corrected chi connectivity index (χ1v) is 11.9. The highest BCUT2D eigenvalue weighted by atomic mass is 32.2. The fourth-order valence-corrected chi connectivity index (χ4v) is 6.31. The van der Waals surface area contributed by atoms with Crippen LogP contribution in [0.2, 0.25) is 0 Å². The van der Waals surface area contributed by atoms with E-state index in [2.05, 4.69) is 0 Å². The van der Waals surface area contributed by atoms with Crippen LogP contribution in [0.25, 0.3) is 0 Å². The molecule has 8 heteroatoms. The molecule has 0 unspecified atom stereocenters. The van der Waals surface area contributed by atoms with Gasteiger partial charge in [0.25, 0.3) is 0 Å². The molecule has 2 aliphatic heterocycles. The minimum Gasteiger partial charge on any atom is -0.494 e. The molecule has 0 bridgehead atoms. The minimum atomic E-state index is -3.24. The SMILES string of the molecule is CCOc1ccc(N2C(=O)CN(CCc3ccc(F)cc3)[C@H]3CS(=O)(=O)C[C@H]32)cc1. The second-order valence-electron chi connectivity index (χ2n) is 7.75. The summed E-state index contributed by atoms with van der Waals surface area (Å²) in [6, 6.07) is 12.8. The fourth-order valence-electron chi connectivity index (χ4n) is 4.33. The number of hydrogen-bond acceptors (Lipinski definition) is 5. The number of benzene rings is 2. The van der Waals surface area contributed by atoms with Crippen LogP contribution >= 0.6 is 0 Å². The monoisotopic (exact) mass is 432 g/mol. The van der Waals surface area contributed by atoms with Gasteiger partial charge in [-0.3, -0.25) is 9.69 Å². The zero-order valence-electron chi connectivity index (χ0n) is 16.8. The van der Waals surface area contributed by atoms with Gasteiger partial charge in [0, 0.05) is 18.3 Å². The molecule has 1 amide bonds. The highest BCUT2D eigenvalue weighted by Gasteiger charge is 2.49. The topological polar surface area (TPSA) is 66.9 Å². The van der Waals surface area contributed by atoms with Gasteiger partial charge in [0.2, 0.25) is 5.91 Å². The summed E-state index contributed by atoms with van der Waals surface area (Å²) in [5.41, 5.74) is 1.64. The molecule has 2 aromatic carbocycles. The third-order valence-electron chi connectivity index (χ3n) is 5.73. The lowest BCUT2D eigenvalue weighted by molar-refractivity contribution is -0.123. The van der Waals surface area contributed by atoms with E-state index in [-0.39, 0.29) is 35.8 Å². The Morgan fingerprint density at radius 3 is 2.37 bits per heavy atom. The summed E-state index contributed by atoms with van der Waals surface area (Å²) in [4.78, 5) is 16.6. The summed E-state index contributed by atoms with van der Waals surface area (Å²) in [5.74, 6) is 0.310. The lowest BCUT2D eigenvalue weighted by Crippen LogP contribution is -2.62. The highest BCUT2D eigenvalue weighted by Crippen LogP contribution is 2.32. The molecule has 0 N–H and O–H groups in total. The summed E-state index contributed by atoms with van der Waals surface area (Å²) in [7, 11) is -3.24. The van der Waals surface area contributed by atoms with Crippen molar-refractivity contribution in [2.75, 3.05) is 36.1 Å². The molecular weight excluding hydrogens is 407 g/mol. The lowest BCUT2D eigenvalue weighted by atomic mass is 10.0. The number of nitrogens with zero attached hydrogens (tertiary/aromatic N) is 2. The van der Waals surface area contributed by atoms with Crippen LogP contribution in [0.1, 0.15) is 12.5 Å². The summed E-state index contributed by atoms with van der Waals surface area (Å²) in [5, 5.41) is 0. The van der Waals surface area contributed by atoms with E-state index >= 15 is 0 Å². The van der Waals surface area contributed by atoms with Gasteiger partial charge in [0.15, 0.2) is 9.84 Å². The van der Waals surface area contributed by atoms with Gasteiger partial charge in [-0.2, -0.15) is 0 Å². The van der Waals surface area contributed by atoms with E-state index in [9.17, 15) is 17.6 Å². The Hall–Kier alpha value is -2.45. The molecule has 2 saturated heterocycles. The number of rotatable bonds is 6. The van der Waals surface area contributed by atoms with Crippen LogP contribution in [-0.2, 0) is 21.1 Å². The second kappa shape index (κ2) is 8.35. The molecule has 0 saturated carbocycles. The summed E-state index contributed by atoms with van der Waals surface area (Å²) in [6.45, 7) is 3.15. The Labute approximate surface area is 176 Å². The zero-order chi connectivity index (χ0) is 21.3. The number of amides is 1. The van der Waals surface area contributed by atoms with Crippen molar-refractivity contribution in [2.45, 2.75) is 25.4 Å². The molecule has 30 heavy (non-hydrogen) atoms. The number of halogens is 1. The number of sulfone groups is 1. The van der Waals surface area contributed by atoms with Crippen molar-refractivity contribution >= 4 is 21.4 Å². The van der Waals surface area contributed by atoms with Crippen LogP contribution in [0.3, 0.4) is 0 Å². The second-order valence-corrected chi connectivity index (χ2v) is 9.90. The fraction of sp³-hybridized carbons (Fsp3) is 0.409. The quantitative estimate of drug-likeness (QED) is 0.701. The van der Waals surface area contributed by atoms with Gasteiger partial charge in [0.05, 0.1) is 30.7 Å². The predicted octanol–water partition coefficient (Wildman–Crippen LogP) is 2.28. The van der Waals surface area contributed by atoms with Crippen LogP contribution in [0.15, 0.2) is 48.5 Å². The third-order valence-corrected chi connectivity index (χ3v) is 7.43. The molecule has 2 atom stereocenters. The molecule has 0 aromatic heterocycles. The summed E-state index contributed by atoms with van der Waals surface area (Å²) in [6.07, 6.45) is 0.625. The molecule has 2 heterocycles. The molecular formula is C22H25FN2O4S. The first kappa shape index (κ1) is 20.8. The van der Waals surface area contributed by atoms with Gasteiger partial charge >= 0.3 is 0 Å². The van der Waals surface area contributed by atoms with E-state index < -0.39 is 15.9 Å². The number of carbonyl (C=O) groups is 1. The van der Waals surface area contributed by atoms with Crippen LogP contribution in [0.5, 0.6) is 5.75 Å². The molecule has 0 aliphatic carbocycles. The van der Waals surface area contributed by atoms with E-state index in [0.717, 1.165) is 5.56 Å². The van der Waals surface area contributed by atoms with Crippen LogP contribution in [0.4, 0.5) is 10.1 Å². The number of anilines is 1. The number of hydrogen-bond donors (Lipinski definition) is 0. The first-order valence-electron chi connectivity index (χ1n) is 10.1. The molecule has 4 rings (SSSR count). The normalized spacial score (nSPS) is 23.4. The van der Waals surface area contributed by atoms with Crippen molar-refractivity contribution in [1.29, 1.82) is 0 Å². The van der Waals surface area contributed by atoms with Crippen molar-refractivity contribution in [3.63, 3.8) is 0 Å². The maximum Gasteiger partial charge on any atom is 0.241 e. The number of piperazine rings is 1. The lowest BCUT2D eigenvalue weighted by Gasteiger charge is -2.43. The Balaban J connectivity index is 1.55. The van der Waals surface area contributed by atoms with Crippen molar-refractivity contribution in [1.82, 2.24) is 4.90 Å². The first-order chi connectivity index (χ1) is 14.4. The standard InChI is InChI=1S/C22H25FN2O4S/c1-2-29-19-9-7-18(8-10-19)25-21-15-30(27,28)14-20(21)24(13-22(25)26)12-11-16-3-5-17(23)6-4-16/h3-10,20-21H,2,11-15H2,1H3/t20-,21+/m0/s1. The number of carbonyl (C=O) groups excluding carboxylic acids is 1. The predicted molar refractivity (Wildman–Crippen MR) is 113 cm³/mol. The van der Waals surface area contributed by atoms with E-state index in [0.29, 0.717) is 31.0 Å². The van der Waals surface area contributed by atoms with E-state index in [4.69, 9.17) is 4.74 Å².